The Bertz CT molecular complexity index is 723. The van der Waals surface area contributed by atoms with Crippen molar-refractivity contribution in [3.63, 3.8) is 0 Å². The Hall–Kier alpha value is -1.16. The number of hydrogen-bond donors (Lipinski definition) is 2. The maximum atomic E-state index is 13.0. The van der Waals surface area contributed by atoms with Gasteiger partial charge in [0.05, 0.1) is 4.90 Å². The van der Waals surface area contributed by atoms with Crippen LogP contribution in [0, 0.1) is 5.92 Å². The summed E-state index contributed by atoms with van der Waals surface area (Å²) >= 11 is 3.28. The predicted molar refractivity (Wildman–Crippen MR) is 93.6 cm³/mol. The second kappa shape index (κ2) is 7.38. The Kier molecular flexibility index (Phi) is 5.90. The summed E-state index contributed by atoms with van der Waals surface area (Å²) < 4.78 is 27.6. The third-order valence-electron chi connectivity index (χ3n) is 4.17. The molecule has 24 heavy (non-hydrogen) atoms. The Labute approximate surface area is 150 Å². The van der Waals surface area contributed by atoms with E-state index in [2.05, 4.69) is 15.9 Å². The molecule has 1 aliphatic heterocycles. The quantitative estimate of drug-likeness (QED) is 0.745. The van der Waals surface area contributed by atoms with Crippen LogP contribution < -0.4 is 4.90 Å². The average Bonchev–Trinajstić information content (AvgIpc) is 2.54. The van der Waals surface area contributed by atoms with Gasteiger partial charge < -0.3 is 15.1 Å². The van der Waals surface area contributed by atoms with Crippen molar-refractivity contribution in [2.75, 3.05) is 32.1 Å². The van der Waals surface area contributed by atoms with Crippen molar-refractivity contribution in [2.45, 2.75) is 23.8 Å². The first-order valence-electron chi connectivity index (χ1n) is 7.52. The molecule has 1 saturated heterocycles. The van der Waals surface area contributed by atoms with Crippen molar-refractivity contribution in [3.8, 4) is 0 Å². The summed E-state index contributed by atoms with van der Waals surface area (Å²) in [5.74, 6) is -1.93. The first kappa shape index (κ1) is 19.2. The molecule has 134 valence electrons. The van der Waals surface area contributed by atoms with E-state index >= 15 is 0 Å². The third kappa shape index (κ3) is 3.90. The average molecular weight is 421 g/mol. The summed E-state index contributed by atoms with van der Waals surface area (Å²) in [5.41, 5.74) is 0.746. The van der Waals surface area contributed by atoms with Crippen LogP contribution in [-0.2, 0) is 14.8 Å². The lowest BCUT2D eigenvalue weighted by atomic mass is 9.94. The minimum absolute atomic E-state index is 0.00552. The number of carboxylic acids is 1. The fraction of sp³-hybridized carbons (Fsp3) is 0.533. The minimum Gasteiger partial charge on any atom is -0.479 e. The smallest absolute Gasteiger partial charge is 0.332 e. The summed E-state index contributed by atoms with van der Waals surface area (Å²) in [6, 6.07) is 5.06. The molecule has 2 N–H and O–H groups in total. The molecule has 0 aromatic heterocycles. The van der Waals surface area contributed by atoms with Gasteiger partial charge in [-0.05, 0) is 47.0 Å². The van der Waals surface area contributed by atoms with Crippen molar-refractivity contribution in [1.29, 1.82) is 0 Å². The summed E-state index contributed by atoms with van der Waals surface area (Å²) in [6.07, 6.45) is -0.558. The van der Waals surface area contributed by atoms with Gasteiger partial charge in [0.1, 0.15) is 0 Å². The number of anilines is 1. The van der Waals surface area contributed by atoms with E-state index < -0.39 is 28.0 Å². The Morgan fingerprint density at radius 1 is 1.42 bits per heavy atom. The van der Waals surface area contributed by atoms with Gasteiger partial charge in [0.15, 0.2) is 6.10 Å². The minimum atomic E-state index is -3.79. The number of carboxylic acid groups (broad SMARTS) is 1. The summed E-state index contributed by atoms with van der Waals surface area (Å²) in [7, 11) is -0.147. The van der Waals surface area contributed by atoms with Crippen molar-refractivity contribution < 1.29 is 23.4 Å². The largest absolute Gasteiger partial charge is 0.479 e. The Balaban J connectivity index is 2.33. The van der Waals surface area contributed by atoms with Crippen LogP contribution in [0.25, 0.3) is 0 Å². The number of aliphatic hydroxyl groups is 1. The number of halogens is 1. The van der Waals surface area contributed by atoms with E-state index in [9.17, 15) is 18.3 Å². The van der Waals surface area contributed by atoms with Crippen LogP contribution in [0.5, 0.6) is 0 Å². The molecule has 1 aliphatic rings. The molecule has 1 aromatic carbocycles. The number of benzene rings is 1. The van der Waals surface area contributed by atoms with Gasteiger partial charge in [-0.3, -0.25) is 0 Å². The number of carbonyl (C=O) groups is 1. The summed E-state index contributed by atoms with van der Waals surface area (Å²) in [6.45, 7) is 0.304. The van der Waals surface area contributed by atoms with E-state index in [1.165, 1.54) is 4.31 Å². The highest BCUT2D eigenvalue weighted by Gasteiger charge is 2.36. The lowest BCUT2D eigenvalue weighted by Crippen LogP contribution is -2.45. The van der Waals surface area contributed by atoms with Crippen LogP contribution in [0.2, 0.25) is 0 Å². The van der Waals surface area contributed by atoms with Crippen molar-refractivity contribution in [3.05, 3.63) is 22.7 Å². The van der Waals surface area contributed by atoms with E-state index in [1.54, 1.807) is 23.1 Å². The highest BCUT2D eigenvalue weighted by Crippen LogP contribution is 2.32. The first-order valence-corrected chi connectivity index (χ1v) is 9.76. The highest BCUT2D eigenvalue weighted by molar-refractivity contribution is 9.10. The van der Waals surface area contributed by atoms with Gasteiger partial charge in [-0.25, -0.2) is 13.2 Å². The van der Waals surface area contributed by atoms with Gasteiger partial charge in [-0.15, -0.1) is 0 Å². The van der Waals surface area contributed by atoms with Crippen LogP contribution in [-0.4, -0.2) is 62.2 Å². The summed E-state index contributed by atoms with van der Waals surface area (Å²) in [4.78, 5) is 12.9. The maximum Gasteiger partial charge on any atom is 0.332 e. The second-order valence-corrected chi connectivity index (χ2v) is 8.82. The third-order valence-corrected chi connectivity index (χ3v) is 7.03. The fourth-order valence-corrected chi connectivity index (χ4v) is 5.24. The molecule has 9 heteroatoms. The van der Waals surface area contributed by atoms with Crippen LogP contribution in [0.3, 0.4) is 0 Å². The number of nitrogens with zero attached hydrogens (tertiary/aromatic N) is 2. The van der Waals surface area contributed by atoms with E-state index in [4.69, 9.17) is 5.11 Å². The molecule has 0 radical (unpaired) electrons. The first-order chi connectivity index (χ1) is 11.1. The van der Waals surface area contributed by atoms with Gasteiger partial charge in [0.25, 0.3) is 0 Å². The lowest BCUT2D eigenvalue weighted by Gasteiger charge is -2.33. The molecular weight excluding hydrogens is 400 g/mol. The molecule has 7 nitrogen and oxygen atoms in total. The van der Waals surface area contributed by atoms with Crippen LogP contribution in [0.1, 0.15) is 12.8 Å². The molecule has 0 saturated carbocycles. The van der Waals surface area contributed by atoms with E-state index in [0.29, 0.717) is 23.9 Å². The predicted octanol–water partition coefficient (Wildman–Crippen LogP) is 1.36. The number of piperidine rings is 1. The highest BCUT2D eigenvalue weighted by atomic mass is 79.9. The zero-order valence-corrected chi connectivity index (χ0v) is 15.9. The van der Waals surface area contributed by atoms with Crippen molar-refractivity contribution >= 4 is 37.6 Å². The number of aliphatic hydroxyl groups excluding tert-OH is 1. The molecule has 0 unspecified atom stereocenters. The van der Waals surface area contributed by atoms with Gasteiger partial charge in [0.2, 0.25) is 10.0 Å². The van der Waals surface area contributed by atoms with Gasteiger partial charge >= 0.3 is 5.97 Å². The van der Waals surface area contributed by atoms with Crippen LogP contribution in [0.15, 0.2) is 27.6 Å². The number of sulfonamides is 1. The van der Waals surface area contributed by atoms with E-state index in [-0.39, 0.29) is 11.4 Å². The molecule has 0 amide bonds. The van der Waals surface area contributed by atoms with E-state index in [0.717, 1.165) is 5.69 Å². The molecule has 0 bridgehead atoms. The van der Waals surface area contributed by atoms with Crippen molar-refractivity contribution in [1.82, 2.24) is 4.31 Å². The molecule has 2 rings (SSSR count). The van der Waals surface area contributed by atoms with Gasteiger partial charge in [0, 0.05) is 43.3 Å². The molecular formula is C15H21BrN2O5S. The second-order valence-electron chi connectivity index (χ2n) is 6.06. The van der Waals surface area contributed by atoms with Crippen LogP contribution in [0.4, 0.5) is 5.69 Å². The topological polar surface area (TPSA) is 98.2 Å². The Morgan fingerprint density at radius 3 is 2.67 bits per heavy atom. The van der Waals surface area contributed by atoms with Crippen LogP contribution >= 0.6 is 15.9 Å². The maximum absolute atomic E-state index is 13.0. The standard InChI is InChI=1S/C15H21BrN2O5S/c1-17(2)11-5-6-12(16)13(8-11)24(22,23)18-7-3-4-10(9-18)14(19)15(20)21/h5-6,8,10,14,19H,3-4,7,9H2,1-2H3,(H,20,21)/t10-,14+/m1/s1. The summed E-state index contributed by atoms with van der Waals surface area (Å²) in [5, 5.41) is 18.7. The zero-order chi connectivity index (χ0) is 18.1. The van der Waals surface area contributed by atoms with Gasteiger partial charge in [-0.2, -0.15) is 4.31 Å². The van der Waals surface area contributed by atoms with Crippen molar-refractivity contribution in [2.24, 2.45) is 5.92 Å². The zero-order valence-electron chi connectivity index (χ0n) is 13.5. The molecule has 0 aliphatic carbocycles. The lowest BCUT2D eigenvalue weighted by molar-refractivity contribution is -0.150. The molecule has 1 aromatic rings. The fourth-order valence-electron chi connectivity index (χ4n) is 2.76. The van der Waals surface area contributed by atoms with Gasteiger partial charge in [-0.1, -0.05) is 0 Å². The molecule has 1 fully saturated rings. The van der Waals surface area contributed by atoms with E-state index in [1.807, 2.05) is 14.1 Å². The molecule has 2 atom stereocenters. The number of hydrogen-bond acceptors (Lipinski definition) is 5. The normalized spacial score (nSPS) is 20.6. The number of rotatable bonds is 5. The molecule has 1 heterocycles. The molecule has 0 spiro atoms. The number of aliphatic carboxylic acids is 1. The monoisotopic (exact) mass is 420 g/mol. The SMILES string of the molecule is CN(C)c1ccc(Br)c(S(=O)(=O)N2CCC[C@@H]([C@H](O)C(=O)O)C2)c1. The Morgan fingerprint density at radius 2 is 2.08 bits per heavy atom.